The lowest BCUT2D eigenvalue weighted by Gasteiger charge is -2.31. The molecule has 19 heavy (non-hydrogen) atoms. The number of hydrogen-bond acceptors (Lipinski definition) is 2. The van der Waals surface area contributed by atoms with Crippen molar-refractivity contribution in [1.29, 1.82) is 5.26 Å². The van der Waals surface area contributed by atoms with E-state index in [4.69, 9.17) is 0 Å². The standard InChI is InChI=1S/C15H17FN2O/c1-11-6-5-7-12(13(11)16)14(19)18-15(10-17)8-3-2-4-9-15/h5-7H,2-4,8-9H2,1H3,(H,18,19). The Bertz CT molecular complexity index is 527. The average Bonchev–Trinajstić information content (AvgIpc) is 2.42. The number of nitrogens with one attached hydrogen (secondary N) is 1. The molecule has 0 heterocycles. The molecule has 1 N–H and O–H groups in total. The predicted molar refractivity (Wildman–Crippen MR) is 70.0 cm³/mol. The van der Waals surface area contributed by atoms with Crippen LogP contribution in [-0.4, -0.2) is 11.4 Å². The molecule has 0 spiro atoms. The van der Waals surface area contributed by atoms with E-state index in [9.17, 15) is 14.4 Å². The number of halogens is 1. The first kappa shape index (κ1) is 13.5. The fourth-order valence-corrected chi connectivity index (χ4v) is 2.53. The summed E-state index contributed by atoms with van der Waals surface area (Å²) in [4.78, 5) is 12.1. The van der Waals surface area contributed by atoms with Crippen molar-refractivity contribution in [2.75, 3.05) is 0 Å². The van der Waals surface area contributed by atoms with Gasteiger partial charge in [-0.3, -0.25) is 4.79 Å². The number of hydrogen-bond donors (Lipinski definition) is 1. The van der Waals surface area contributed by atoms with Crippen LogP contribution in [-0.2, 0) is 0 Å². The third kappa shape index (κ3) is 2.76. The summed E-state index contributed by atoms with van der Waals surface area (Å²) in [5, 5.41) is 12.0. The Labute approximate surface area is 112 Å². The molecule has 3 nitrogen and oxygen atoms in total. The second-order valence-corrected chi connectivity index (χ2v) is 5.15. The lowest BCUT2D eigenvalue weighted by Crippen LogP contribution is -2.48. The summed E-state index contributed by atoms with van der Waals surface area (Å²) in [7, 11) is 0. The highest BCUT2D eigenvalue weighted by Crippen LogP contribution is 2.28. The number of carbonyl (C=O) groups excluding carboxylic acids is 1. The molecule has 4 heteroatoms. The van der Waals surface area contributed by atoms with Gasteiger partial charge in [-0.05, 0) is 31.4 Å². The fourth-order valence-electron chi connectivity index (χ4n) is 2.53. The predicted octanol–water partition coefficient (Wildman–Crippen LogP) is 3.09. The first-order valence-electron chi connectivity index (χ1n) is 6.57. The lowest BCUT2D eigenvalue weighted by atomic mass is 9.82. The van der Waals surface area contributed by atoms with Crippen molar-refractivity contribution in [2.24, 2.45) is 0 Å². The van der Waals surface area contributed by atoms with Crippen molar-refractivity contribution in [3.8, 4) is 6.07 Å². The lowest BCUT2D eigenvalue weighted by molar-refractivity contribution is 0.0898. The number of amides is 1. The SMILES string of the molecule is Cc1cccc(C(=O)NC2(C#N)CCCCC2)c1F. The largest absolute Gasteiger partial charge is 0.334 e. The number of benzene rings is 1. The number of nitriles is 1. The Kier molecular flexibility index (Phi) is 3.84. The van der Waals surface area contributed by atoms with Crippen molar-refractivity contribution >= 4 is 5.91 Å². The monoisotopic (exact) mass is 260 g/mol. The average molecular weight is 260 g/mol. The maximum absolute atomic E-state index is 13.9. The van der Waals surface area contributed by atoms with E-state index in [1.165, 1.54) is 6.07 Å². The van der Waals surface area contributed by atoms with Crippen LogP contribution in [0.5, 0.6) is 0 Å². The third-order valence-electron chi connectivity index (χ3n) is 3.71. The first-order chi connectivity index (χ1) is 9.08. The number of rotatable bonds is 2. The summed E-state index contributed by atoms with van der Waals surface area (Å²) >= 11 is 0. The van der Waals surface area contributed by atoms with Crippen LogP contribution >= 0.6 is 0 Å². The molecule has 1 aliphatic rings. The van der Waals surface area contributed by atoms with Gasteiger partial charge < -0.3 is 5.32 Å². The summed E-state index contributed by atoms with van der Waals surface area (Å²) < 4.78 is 13.9. The van der Waals surface area contributed by atoms with Gasteiger partial charge in [0.25, 0.3) is 5.91 Å². The van der Waals surface area contributed by atoms with Crippen LogP contribution in [0.2, 0.25) is 0 Å². The molecule has 0 radical (unpaired) electrons. The Morgan fingerprint density at radius 2 is 2.05 bits per heavy atom. The Balaban J connectivity index is 2.21. The number of nitrogens with zero attached hydrogens (tertiary/aromatic N) is 1. The molecule has 1 aliphatic carbocycles. The van der Waals surface area contributed by atoms with Crippen molar-refractivity contribution < 1.29 is 9.18 Å². The van der Waals surface area contributed by atoms with Gasteiger partial charge in [-0.2, -0.15) is 5.26 Å². The van der Waals surface area contributed by atoms with Gasteiger partial charge in [-0.1, -0.05) is 31.4 Å². The minimum atomic E-state index is -0.828. The molecule has 1 fully saturated rings. The molecule has 0 bridgehead atoms. The molecule has 0 atom stereocenters. The molecule has 0 unspecified atom stereocenters. The van der Waals surface area contributed by atoms with Gasteiger partial charge in [0.05, 0.1) is 11.6 Å². The highest BCUT2D eigenvalue weighted by Gasteiger charge is 2.34. The molecule has 1 aromatic carbocycles. The van der Waals surface area contributed by atoms with Crippen LogP contribution < -0.4 is 5.32 Å². The van der Waals surface area contributed by atoms with Gasteiger partial charge in [0.2, 0.25) is 0 Å². The molecular weight excluding hydrogens is 243 g/mol. The maximum atomic E-state index is 13.9. The zero-order chi connectivity index (χ0) is 13.9. The Hall–Kier alpha value is -1.89. The topological polar surface area (TPSA) is 52.9 Å². The van der Waals surface area contributed by atoms with Gasteiger partial charge in [-0.25, -0.2) is 4.39 Å². The molecule has 1 saturated carbocycles. The highest BCUT2D eigenvalue weighted by molar-refractivity contribution is 5.95. The molecule has 1 aromatic rings. The Morgan fingerprint density at radius 3 is 2.68 bits per heavy atom. The molecule has 1 amide bonds. The van der Waals surface area contributed by atoms with Gasteiger partial charge in [0.15, 0.2) is 0 Å². The summed E-state index contributed by atoms with van der Waals surface area (Å²) in [6.07, 6.45) is 4.21. The van der Waals surface area contributed by atoms with Crippen molar-refractivity contribution in [3.05, 3.63) is 35.1 Å². The van der Waals surface area contributed by atoms with Crippen LogP contribution in [0.4, 0.5) is 4.39 Å². The molecule has 0 aromatic heterocycles. The smallest absolute Gasteiger partial charge is 0.255 e. The van der Waals surface area contributed by atoms with Crippen LogP contribution in [0.25, 0.3) is 0 Å². The second kappa shape index (κ2) is 5.40. The van der Waals surface area contributed by atoms with E-state index in [0.29, 0.717) is 18.4 Å². The van der Waals surface area contributed by atoms with E-state index in [1.54, 1.807) is 19.1 Å². The van der Waals surface area contributed by atoms with Gasteiger partial charge in [0.1, 0.15) is 11.4 Å². The molecular formula is C15H17FN2O. The van der Waals surface area contributed by atoms with Gasteiger partial charge in [0, 0.05) is 0 Å². The minimum Gasteiger partial charge on any atom is -0.334 e. The van der Waals surface area contributed by atoms with E-state index in [0.717, 1.165) is 19.3 Å². The third-order valence-corrected chi connectivity index (χ3v) is 3.71. The normalized spacial score (nSPS) is 17.5. The van der Waals surface area contributed by atoms with E-state index < -0.39 is 17.3 Å². The highest BCUT2D eigenvalue weighted by atomic mass is 19.1. The summed E-state index contributed by atoms with van der Waals surface area (Å²) in [5.74, 6) is -1.01. The van der Waals surface area contributed by atoms with Crippen LogP contribution in [0.15, 0.2) is 18.2 Å². The minimum absolute atomic E-state index is 0.0141. The fraction of sp³-hybridized carbons (Fsp3) is 0.467. The van der Waals surface area contributed by atoms with Gasteiger partial charge >= 0.3 is 0 Å². The van der Waals surface area contributed by atoms with E-state index in [2.05, 4.69) is 11.4 Å². The molecule has 0 saturated heterocycles. The van der Waals surface area contributed by atoms with Crippen LogP contribution in [0.1, 0.15) is 48.0 Å². The number of carbonyl (C=O) groups is 1. The van der Waals surface area contributed by atoms with Crippen molar-refractivity contribution in [2.45, 2.75) is 44.6 Å². The number of aryl methyl sites for hydroxylation is 1. The molecule has 100 valence electrons. The van der Waals surface area contributed by atoms with Gasteiger partial charge in [-0.15, -0.1) is 0 Å². The quantitative estimate of drug-likeness (QED) is 0.888. The Morgan fingerprint density at radius 1 is 1.37 bits per heavy atom. The van der Waals surface area contributed by atoms with E-state index >= 15 is 0 Å². The maximum Gasteiger partial charge on any atom is 0.255 e. The van der Waals surface area contributed by atoms with E-state index in [1.807, 2.05) is 0 Å². The molecule has 0 aliphatic heterocycles. The van der Waals surface area contributed by atoms with Crippen LogP contribution in [0, 0.1) is 24.1 Å². The second-order valence-electron chi connectivity index (χ2n) is 5.15. The summed E-state index contributed by atoms with van der Waals surface area (Å²) in [6, 6.07) is 6.91. The zero-order valence-corrected chi connectivity index (χ0v) is 11.0. The van der Waals surface area contributed by atoms with Crippen LogP contribution in [0.3, 0.4) is 0 Å². The van der Waals surface area contributed by atoms with Crippen molar-refractivity contribution in [1.82, 2.24) is 5.32 Å². The first-order valence-corrected chi connectivity index (χ1v) is 6.57. The van der Waals surface area contributed by atoms with E-state index in [-0.39, 0.29) is 5.56 Å². The summed E-state index contributed by atoms with van der Waals surface area (Å²) in [6.45, 7) is 1.62. The molecule has 2 rings (SSSR count). The zero-order valence-electron chi connectivity index (χ0n) is 11.0. The summed E-state index contributed by atoms with van der Waals surface area (Å²) in [5.41, 5.74) is -0.381. The van der Waals surface area contributed by atoms with Crippen molar-refractivity contribution in [3.63, 3.8) is 0 Å².